The molecule has 0 radical (unpaired) electrons. The molecular weight excluding hydrogens is 230 g/mol. The van der Waals surface area contributed by atoms with Crippen LogP contribution in [0.3, 0.4) is 0 Å². The molecule has 4 heteroatoms. The SMILES string of the molecule is O=C(CC(=O)C1CCCNC1)c1ccccc1O. The molecule has 0 saturated carbocycles. The largest absolute Gasteiger partial charge is 0.507 e. The van der Waals surface area contributed by atoms with Gasteiger partial charge in [0.2, 0.25) is 0 Å². The lowest BCUT2D eigenvalue weighted by atomic mass is 9.91. The van der Waals surface area contributed by atoms with Crippen LogP contribution in [0, 0.1) is 5.92 Å². The van der Waals surface area contributed by atoms with E-state index in [-0.39, 0.29) is 35.2 Å². The third-order valence-electron chi connectivity index (χ3n) is 3.29. The van der Waals surface area contributed by atoms with Crippen LogP contribution in [0.25, 0.3) is 0 Å². The van der Waals surface area contributed by atoms with Gasteiger partial charge >= 0.3 is 0 Å². The van der Waals surface area contributed by atoms with Crippen LogP contribution in [0.5, 0.6) is 5.75 Å². The molecule has 1 aliphatic heterocycles. The van der Waals surface area contributed by atoms with E-state index in [1.807, 2.05) is 0 Å². The molecule has 0 aliphatic carbocycles. The second kappa shape index (κ2) is 5.78. The highest BCUT2D eigenvalue weighted by Gasteiger charge is 2.24. The van der Waals surface area contributed by atoms with Gasteiger partial charge in [0.05, 0.1) is 12.0 Å². The van der Waals surface area contributed by atoms with Crippen molar-refractivity contribution in [1.29, 1.82) is 0 Å². The molecule has 0 amide bonds. The minimum Gasteiger partial charge on any atom is -0.507 e. The van der Waals surface area contributed by atoms with Crippen LogP contribution < -0.4 is 5.32 Å². The molecule has 2 N–H and O–H groups in total. The maximum absolute atomic E-state index is 12.0. The van der Waals surface area contributed by atoms with E-state index in [2.05, 4.69) is 5.32 Å². The van der Waals surface area contributed by atoms with Gasteiger partial charge in [-0.1, -0.05) is 12.1 Å². The highest BCUT2D eigenvalue weighted by molar-refractivity contribution is 6.09. The van der Waals surface area contributed by atoms with E-state index in [0.717, 1.165) is 19.4 Å². The molecule has 1 unspecified atom stereocenters. The van der Waals surface area contributed by atoms with Crippen molar-refractivity contribution in [2.75, 3.05) is 13.1 Å². The zero-order valence-corrected chi connectivity index (χ0v) is 10.2. The van der Waals surface area contributed by atoms with Crippen LogP contribution in [-0.2, 0) is 4.79 Å². The molecule has 18 heavy (non-hydrogen) atoms. The average Bonchev–Trinajstić information content (AvgIpc) is 2.40. The number of phenolic OH excluding ortho intramolecular Hbond substituents is 1. The first-order valence-corrected chi connectivity index (χ1v) is 6.23. The molecule has 0 aromatic heterocycles. The number of para-hydroxylation sites is 1. The second-order valence-corrected chi connectivity index (χ2v) is 4.63. The molecule has 1 heterocycles. The van der Waals surface area contributed by atoms with Gasteiger partial charge in [0.1, 0.15) is 11.5 Å². The lowest BCUT2D eigenvalue weighted by Gasteiger charge is -2.21. The molecule has 0 spiro atoms. The monoisotopic (exact) mass is 247 g/mol. The Morgan fingerprint density at radius 1 is 1.33 bits per heavy atom. The van der Waals surface area contributed by atoms with E-state index in [1.165, 1.54) is 6.07 Å². The highest BCUT2D eigenvalue weighted by atomic mass is 16.3. The van der Waals surface area contributed by atoms with E-state index in [1.54, 1.807) is 18.2 Å². The van der Waals surface area contributed by atoms with Crippen molar-refractivity contribution < 1.29 is 14.7 Å². The van der Waals surface area contributed by atoms with Crippen LogP contribution in [0.4, 0.5) is 0 Å². The number of benzene rings is 1. The number of ketones is 2. The maximum Gasteiger partial charge on any atom is 0.173 e. The average molecular weight is 247 g/mol. The zero-order chi connectivity index (χ0) is 13.0. The number of rotatable bonds is 4. The number of carbonyl (C=O) groups is 2. The molecule has 2 rings (SSSR count). The van der Waals surface area contributed by atoms with Gasteiger partial charge in [0.15, 0.2) is 5.78 Å². The number of carbonyl (C=O) groups excluding carboxylic acids is 2. The summed E-state index contributed by atoms with van der Waals surface area (Å²) < 4.78 is 0. The Kier molecular flexibility index (Phi) is 4.10. The third kappa shape index (κ3) is 2.96. The van der Waals surface area contributed by atoms with Crippen molar-refractivity contribution in [3.8, 4) is 5.75 Å². The summed E-state index contributed by atoms with van der Waals surface area (Å²) in [5.41, 5.74) is 0.231. The normalized spacial score (nSPS) is 19.4. The Hall–Kier alpha value is -1.68. The first kappa shape index (κ1) is 12.8. The van der Waals surface area contributed by atoms with Crippen LogP contribution in [0.1, 0.15) is 29.6 Å². The minimum atomic E-state index is -0.302. The van der Waals surface area contributed by atoms with E-state index >= 15 is 0 Å². The first-order chi connectivity index (χ1) is 8.68. The number of Topliss-reactive ketones (excluding diaryl/α,β-unsaturated/α-hetero) is 2. The summed E-state index contributed by atoms with van der Waals surface area (Å²) >= 11 is 0. The number of nitrogens with one attached hydrogen (secondary N) is 1. The summed E-state index contributed by atoms with van der Waals surface area (Å²) in [7, 11) is 0. The smallest absolute Gasteiger partial charge is 0.173 e. The Labute approximate surface area is 106 Å². The number of phenols is 1. The lowest BCUT2D eigenvalue weighted by Crippen LogP contribution is -2.35. The molecule has 1 aliphatic rings. The Morgan fingerprint density at radius 3 is 2.78 bits per heavy atom. The van der Waals surface area contributed by atoms with Crippen molar-refractivity contribution in [3.63, 3.8) is 0 Å². The van der Waals surface area contributed by atoms with Crippen molar-refractivity contribution >= 4 is 11.6 Å². The molecule has 1 aromatic carbocycles. The summed E-state index contributed by atoms with van der Waals surface area (Å²) in [5.74, 6) is -0.454. The number of aromatic hydroxyl groups is 1. The molecule has 1 saturated heterocycles. The number of hydrogen-bond acceptors (Lipinski definition) is 4. The molecule has 4 nitrogen and oxygen atoms in total. The summed E-state index contributed by atoms with van der Waals surface area (Å²) in [4.78, 5) is 23.9. The van der Waals surface area contributed by atoms with Gasteiger partial charge < -0.3 is 10.4 Å². The fraction of sp³-hybridized carbons (Fsp3) is 0.429. The third-order valence-corrected chi connectivity index (χ3v) is 3.29. The maximum atomic E-state index is 12.0. The molecule has 1 aromatic rings. The molecule has 96 valence electrons. The van der Waals surface area contributed by atoms with Gasteiger partial charge in [0, 0.05) is 12.5 Å². The zero-order valence-electron chi connectivity index (χ0n) is 10.2. The summed E-state index contributed by atoms with van der Waals surface area (Å²) in [6.45, 7) is 1.60. The Morgan fingerprint density at radius 2 is 2.11 bits per heavy atom. The Bertz CT molecular complexity index is 450. The molecule has 0 bridgehead atoms. The molecule has 1 atom stereocenters. The predicted octanol–water partition coefficient (Wildman–Crippen LogP) is 1.53. The van der Waals surface area contributed by atoms with E-state index in [9.17, 15) is 14.7 Å². The standard InChI is InChI=1S/C14H17NO3/c16-12-6-2-1-5-11(12)14(18)8-13(17)10-4-3-7-15-9-10/h1-2,5-6,10,15-16H,3-4,7-9H2. The van der Waals surface area contributed by atoms with E-state index in [0.29, 0.717) is 6.54 Å². The second-order valence-electron chi connectivity index (χ2n) is 4.63. The minimum absolute atomic E-state index is 0.0320. The fourth-order valence-electron chi connectivity index (χ4n) is 2.23. The summed E-state index contributed by atoms with van der Waals surface area (Å²) in [5, 5.41) is 12.7. The van der Waals surface area contributed by atoms with Crippen LogP contribution in [-0.4, -0.2) is 29.8 Å². The predicted molar refractivity (Wildman–Crippen MR) is 67.7 cm³/mol. The van der Waals surface area contributed by atoms with E-state index < -0.39 is 0 Å². The first-order valence-electron chi connectivity index (χ1n) is 6.23. The molecule has 1 fully saturated rings. The van der Waals surface area contributed by atoms with Crippen molar-refractivity contribution in [1.82, 2.24) is 5.32 Å². The quantitative estimate of drug-likeness (QED) is 0.625. The van der Waals surface area contributed by atoms with Crippen LogP contribution >= 0.6 is 0 Å². The van der Waals surface area contributed by atoms with Crippen molar-refractivity contribution in [3.05, 3.63) is 29.8 Å². The lowest BCUT2D eigenvalue weighted by molar-refractivity contribution is -0.122. The van der Waals surface area contributed by atoms with Gasteiger partial charge in [-0.15, -0.1) is 0 Å². The van der Waals surface area contributed by atoms with Crippen LogP contribution in [0.2, 0.25) is 0 Å². The Balaban J connectivity index is 1.99. The van der Waals surface area contributed by atoms with Gasteiger partial charge in [0.25, 0.3) is 0 Å². The van der Waals surface area contributed by atoms with Crippen molar-refractivity contribution in [2.24, 2.45) is 5.92 Å². The highest BCUT2D eigenvalue weighted by Crippen LogP contribution is 2.20. The van der Waals surface area contributed by atoms with Crippen molar-refractivity contribution in [2.45, 2.75) is 19.3 Å². The fourth-order valence-corrected chi connectivity index (χ4v) is 2.23. The van der Waals surface area contributed by atoms with Gasteiger partial charge in [-0.2, -0.15) is 0 Å². The van der Waals surface area contributed by atoms with Gasteiger partial charge in [-0.05, 0) is 31.5 Å². The van der Waals surface area contributed by atoms with E-state index in [4.69, 9.17) is 0 Å². The number of piperidine rings is 1. The topological polar surface area (TPSA) is 66.4 Å². The summed E-state index contributed by atoms with van der Waals surface area (Å²) in [6, 6.07) is 6.34. The summed E-state index contributed by atoms with van der Waals surface area (Å²) in [6.07, 6.45) is 1.70. The molecular formula is C14H17NO3. The number of hydrogen-bond donors (Lipinski definition) is 2. The van der Waals surface area contributed by atoms with Gasteiger partial charge in [-0.25, -0.2) is 0 Å². The van der Waals surface area contributed by atoms with Gasteiger partial charge in [-0.3, -0.25) is 9.59 Å². The van der Waals surface area contributed by atoms with Crippen LogP contribution in [0.15, 0.2) is 24.3 Å².